The minimum Gasteiger partial charge on any atom is -0.376 e. The standard InChI is InChI=1S/C18H30N4O/c1-4-8-20-18(19-3)21-12-16-6-5-7-17(11-16)14-22-9-10-23-15(2)13-22/h5-7,11,15H,4,8-10,12-14H2,1-3H3,(H2,19,20,21). The zero-order chi connectivity index (χ0) is 16.5. The molecule has 1 aromatic rings. The highest BCUT2D eigenvalue weighted by Gasteiger charge is 2.16. The van der Waals surface area contributed by atoms with Crippen LogP contribution in [-0.2, 0) is 17.8 Å². The summed E-state index contributed by atoms with van der Waals surface area (Å²) in [7, 11) is 1.81. The summed E-state index contributed by atoms with van der Waals surface area (Å²) < 4.78 is 5.61. The first-order valence-electron chi connectivity index (χ1n) is 8.57. The first kappa shape index (κ1) is 17.8. The minimum atomic E-state index is 0.335. The van der Waals surface area contributed by atoms with Crippen LogP contribution >= 0.6 is 0 Å². The van der Waals surface area contributed by atoms with Gasteiger partial charge in [-0.1, -0.05) is 31.2 Å². The van der Waals surface area contributed by atoms with Gasteiger partial charge in [-0.25, -0.2) is 0 Å². The van der Waals surface area contributed by atoms with E-state index in [1.807, 2.05) is 0 Å². The highest BCUT2D eigenvalue weighted by atomic mass is 16.5. The first-order chi connectivity index (χ1) is 11.2. The molecule has 5 heteroatoms. The van der Waals surface area contributed by atoms with E-state index in [0.717, 1.165) is 51.7 Å². The van der Waals surface area contributed by atoms with E-state index in [9.17, 15) is 0 Å². The van der Waals surface area contributed by atoms with Crippen LogP contribution in [0.15, 0.2) is 29.3 Å². The summed E-state index contributed by atoms with van der Waals surface area (Å²) in [6, 6.07) is 8.78. The summed E-state index contributed by atoms with van der Waals surface area (Å²) in [5.41, 5.74) is 2.64. The Hall–Kier alpha value is -1.59. The molecule has 1 heterocycles. The number of hydrogen-bond donors (Lipinski definition) is 2. The Labute approximate surface area is 140 Å². The van der Waals surface area contributed by atoms with Gasteiger partial charge < -0.3 is 15.4 Å². The molecule has 2 N–H and O–H groups in total. The third-order valence-corrected chi connectivity index (χ3v) is 3.95. The third kappa shape index (κ3) is 6.20. The fraction of sp³-hybridized carbons (Fsp3) is 0.611. The van der Waals surface area contributed by atoms with Gasteiger partial charge in [0.2, 0.25) is 0 Å². The van der Waals surface area contributed by atoms with Crippen molar-refractivity contribution >= 4 is 5.96 Å². The van der Waals surface area contributed by atoms with Gasteiger partial charge >= 0.3 is 0 Å². The van der Waals surface area contributed by atoms with Gasteiger partial charge in [-0.15, -0.1) is 0 Å². The lowest BCUT2D eigenvalue weighted by atomic mass is 10.1. The van der Waals surface area contributed by atoms with Crippen molar-refractivity contribution in [3.05, 3.63) is 35.4 Å². The van der Waals surface area contributed by atoms with E-state index in [1.165, 1.54) is 11.1 Å². The topological polar surface area (TPSA) is 48.9 Å². The Bertz CT molecular complexity index is 504. The lowest BCUT2D eigenvalue weighted by molar-refractivity contribution is -0.0212. The average Bonchev–Trinajstić information content (AvgIpc) is 2.55. The van der Waals surface area contributed by atoms with Crippen molar-refractivity contribution in [1.82, 2.24) is 15.5 Å². The second-order valence-corrected chi connectivity index (χ2v) is 6.09. The molecular weight excluding hydrogens is 288 g/mol. The molecule has 128 valence electrons. The van der Waals surface area contributed by atoms with Gasteiger partial charge in [0.05, 0.1) is 12.7 Å². The van der Waals surface area contributed by atoms with Crippen molar-refractivity contribution in [2.24, 2.45) is 4.99 Å². The Kier molecular flexibility index (Phi) is 7.36. The van der Waals surface area contributed by atoms with Crippen LogP contribution in [0.2, 0.25) is 0 Å². The molecule has 1 atom stereocenters. The molecule has 0 aliphatic carbocycles. The number of benzene rings is 1. The number of morpholine rings is 1. The zero-order valence-corrected chi connectivity index (χ0v) is 14.6. The van der Waals surface area contributed by atoms with Crippen LogP contribution in [0.25, 0.3) is 0 Å². The molecule has 5 nitrogen and oxygen atoms in total. The number of nitrogens with one attached hydrogen (secondary N) is 2. The van der Waals surface area contributed by atoms with E-state index in [4.69, 9.17) is 4.74 Å². The molecule has 1 fully saturated rings. The van der Waals surface area contributed by atoms with Crippen LogP contribution in [0.5, 0.6) is 0 Å². The van der Waals surface area contributed by atoms with Crippen LogP contribution in [0.4, 0.5) is 0 Å². The Morgan fingerprint density at radius 2 is 2.17 bits per heavy atom. The zero-order valence-electron chi connectivity index (χ0n) is 14.6. The van der Waals surface area contributed by atoms with Gasteiger partial charge in [0.15, 0.2) is 5.96 Å². The van der Waals surface area contributed by atoms with Crippen molar-refractivity contribution in [3.63, 3.8) is 0 Å². The summed E-state index contributed by atoms with van der Waals surface area (Å²) in [4.78, 5) is 6.70. The summed E-state index contributed by atoms with van der Waals surface area (Å²) in [6.07, 6.45) is 1.43. The van der Waals surface area contributed by atoms with Gasteiger partial charge in [0.25, 0.3) is 0 Å². The van der Waals surface area contributed by atoms with E-state index in [2.05, 4.69) is 58.6 Å². The second kappa shape index (κ2) is 9.53. The van der Waals surface area contributed by atoms with Crippen LogP contribution in [0, 0.1) is 0 Å². The number of ether oxygens (including phenoxy) is 1. The summed E-state index contributed by atoms with van der Waals surface area (Å²) in [5, 5.41) is 6.65. The van der Waals surface area contributed by atoms with E-state index < -0.39 is 0 Å². The van der Waals surface area contributed by atoms with Gasteiger partial charge in [0, 0.05) is 39.8 Å². The number of hydrogen-bond acceptors (Lipinski definition) is 3. The molecule has 1 aromatic carbocycles. The summed E-state index contributed by atoms with van der Waals surface area (Å²) >= 11 is 0. The van der Waals surface area contributed by atoms with Crippen LogP contribution in [0.3, 0.4) is 0 Å². The van der Waals surface area contributed by atoms with Gasteiger partial charge in [-0.05, 0) is 24.5 Å². The SMILES string of the molecule is CCCNC(=NC)NCc1cccc(CN2CCOC(C)C2)c1. The Balaban J connectivity index is 1.86. The molecule has 23 heavy (non-hydrogen) atoms. The maximum absolute atomic E-state index is 5.61. The maximum Gasteiger partial charge on any atom is 0.191 e. The molecule has 0 aromatic heterocycles. The number of aliphatic imine (C=N–C) groups is 1. The molecule has 0 saturated carbocycles. The summed E-state index contributed by atoms with van der Waals surface area (Å²) in [6.45, 7) is 9.87. The normalized spacial score (nSPS) is 19.6. The maximum atomic E-state index is 5.61. The molecule has 0 radical (unpaired) electrons. The minimum absolute atomic E-state index is 0.335. The van der Waals surface area contributed by atoms with Crippen molar-refractivity contribution in [3.8, 4) is 0 Å². The molecule has 2 rings (SSSR count). The summed E-state index contributed by atoms with van der Waals surface area (Å²) in [5.74, 6) is 0.860. The van der Waals surface area contributed by atoms with Crippen molar-refractivity contribution in [2.75, 3.05) is 33.3 Å². The van der Waals surface area contributed by atoms with Crippen molar-refractivity contribution in [1.29, 1.82) is 0 Å². The Morgan fingerprint density at radius 1 is 1.35 bits per heavy atom. The molecule has 0 spiro atoms. The van der Waals surface area contributed by atoms with E-state index in [1.54, 1.807) is 7.05 Å². The Morgan fingerprint density at radius 3 is 2.91 bits per heavy atom. The fourth-order valence-electron chi connectivity index (χ4n) is 2.78. The number of rotatable bonds is 6. The predicted octanol–water partition coefficient (Wildman–Crippen LogP) is 1.98. The molecule has 0 amide bonds. The number of guanidine groups is 1. The van der Waals surface area contributed by atoms with Crippen molar-refractivity contribution in [2.45, 2.75) is 39.5 Å². The second-order valence-electron chi connectivity index (χ2n) is 6.09. The van der Waals surface area contributed by atoms with E-state index in [0.29, 0.717) is 6.10 Å². The van der Waals surface area contributed by atoms with E-state index in [-0.39, 0.29) is 0 Å². The lowest BCUT2D eigenvalue weighted by Crippen LogP contribution is -2.40. The average molecular weight is 318 g/mol. The molecule has 1 aliphatic rings. The number of nitrogens with zero attached hydrogens (tertiary/aromatic N) is 2. The lowest BCUT2D eigenvalue weighted by Gasteiger charge is -2.31. The third-order valence-electron chi connectivity index (χ3n) is 3.95. The monoisotopic (exact) mass is 318 g/mol. The van der Waals surface area contributed by atoms with Crippen LogP contribution < -0.4 is 10.6 Å². The van der Waals surface area contributed by atoms with Crippen molar-refractivity contribution < 1.29 is 4.74 Å². The molecule has 1 saturated heterocycles. The highest BCUT2D eigenvalue weighted by Crippen LogP contribution is 2.12. The first-order valence-corrected chi connectivity index (χ1v) is 8.57. The predicted molar refractivity (Wildman–Crippen MR) is 95.6 cm³/mol. The van der Waals surface area contributed by atoms with Gasteiger partial charge in [-0.3, -0.25) is 9.89 Å². The highest BCUT2D eigenvalue weighted by molar-refractivity contribution is 5.79. The quantitative estimate of drug-likeness (QED) is 0.622. The molecule has 1 unspecified atom stereocenters. The molecule has 1 aliphatic heterocycles. The fourth-order valence-corrected chi connectivity index (χ4v) is 2.78. The smallest absolute Gasteiger partial charge is 0.191 e. The van der Waals surface area contributed by atoms with Gasteiger partial charge in [-0.2, -0.15) is 0 Å². The van der Waals surface area contributed by atoms with Gasteiger partial charge in [0.1, 0.15) is 0 Å². The largest absolute Gasteiger partial charge is 0.376 e. The molecule has 0 bridgehead atoms. The molecular formula is C18H30N4O. The van der Waals surface area contributed by atoms with Crippen LogP contribution in [-0.4, -0.2) is 50.3 Å². The van der Waals surface area contributed by atoms with E-state index >= 15 is 0 Å². The van der Waals surface area contributed by atoms with Crippen LogP contribution in [0.1, 0.15) is 31.4 Å².